The van der Waals surface area contributed by atoms with Gasteiger partial charge in [-0.15, -0.1) is 0 Å². The molecule has 9 heteroatoms. The number of ether oxygens (including phenoxy) is 2. The number of hydrogen-bond donors (Lipinski definition) is 5. The van der Waals surface area contributed by atoms with Crippen molar-refractivity contribution in [3.63, 3.8) is 0 Å². The van der Waals surface area contributed by atoms with E-state index in [9.17, 15) is 20.1 Å². The van der Waals surface area contributed by atoms with Crippen LogP contribution in [0.2, 0.25) is 0 Å². The average Bonchev–Trinajstić information content (AvgIpc) is 2.89. The Morgan fingerprint density at radius 2 is 1.95 bits per heavy atom. The van der Waals surface area contributed by atoms with E-state index in [0.717, 1.165) is 0 Å². The lowest BCUT2D eigenvalue weighted by Gasteiger charge is -2.39. The molecule has 0 aliphatic carbocycles. The number of rotatable bonds is 3. The first-order valence-electron chi connectivity index (χ1n) is 6.60. The molecule has 120 valence electrons. The van der Waals surface area contributed by atoms with Crippen LogP contribution < -0.4 is 10.5 Å². The molecular formula is C13H15NO8. The maximum absolute atomic E-state index is 11.2. The zero-order valence-electron chi connectivity index (χ0n) is 11.2. The van der Waals surface area contributed by atoms with Crippen molar-refractivity contribution in [2.75, 3.05) is 6.61 Å². The van der Waals surface area contributed by atoms with Gasteiger partial charge in [-0.25, -0.2) is 4.79 Å². The minimum absolute atomic E-state index is 0.160. The molecule has 1 saturated heterocycles. The van der Waals surface area contributed by atoms with Crippen LogP contribution in [0.1, 0.15) is 0 Å². The van der Waals surface area contributed by atoms with Gasteiger partial charge in [-0.3, -0.25) is 4.98 Å². The van der Waals surface area contributed by atoms with Crippen molar-refractivity contribution in [2.24, 2.45) is 0 Å². The van der Waals surface area contributed by atoms with Crippen LogP contribution in [0.3, 0.4) is 0 Å². The third-order valence-corrected chi connectivity index (χ3v) is 3.51. The molecular weight excluding hydrogens is 298 g/mol. The van der Waals surface area contributed by atoms with Crippen molar-refractivity contribution >= 4 is 11.1 Å². The summed E-state index contributed by atoms with van der Waals surface area (Å²) in [5.74, 6) is -0.507. The van der Waals surface area contributed by atoms with E-state index in [1.54, 1.807) is 12.1 Å². The largest absolute Gasteiger partial charge is 0.460 e. The molecule has 0 radical (unpaired) electrons. The second-order valence-electron chi connectivity index (χ2n) is 4.96. The minimum atomic E-state index is -1.54. The molecule has 1 fully saturated rings. The fourth-order valence-corrected chi connectivity index (χ4v) is 2.33. The van der Waals surface area contributed by atoms with Crippen molar-refractivity contribution in [3.8, 4) is 5.75 Å². The molecule has 0 spiro atoms. The SMILES string of the molecule is O=c1[nH]c2c(O[C@@H]3O[C@H](CO)[C@H](O)[C@H](O)[C@@H]3O)cccc2o1. The van der Waals surface area contributed by atoms with E-state index in [1.807, 2.05) is 0 Å². The van der Waals surface area contributed by atoms with Gasteiger partial charge >= 0.3 is 5.76 Å². The summed E-state index contributed by atoms with van der Waals surface area (Å²) in [6.07, 6.45) is -6.96. The van der Waals surface area contributed by atoms with Crippen LogP contribution in [-0.4, -0.2) is 62.7 Å². The van der Waals surface area contributed by atoms with Crippen LogP contribution in [0.15, 0.2) is 27.4 Å². The fourth-order valence-electron chi connectivity index (χ4n) is 2.33. The van der Waals surface area contributed by atoms with Gasteiger partial charge in [0.15, 0.2) is 11.3 Å². The molecule has 0 saturated carbocycles. The van der Waals surface area contributed by atoms with E-state index in [2.05, 4.69) is 4.98 Å². The maximum Gasteiger partial charge on any atom is 0.417 e. The van der Waals surface area contributed by atoms with Gasteiger partial charge in [-0.1, -0.05) is 6.07 Å². The molecule has 5 atom stereocenters. The Labute approximate surface area is 123 Å². The Hall–Kier alpha value is -1.91. The molecule has 0 bridgehead atoms. The summed E-state index contributed by atoms with van der Waals surface area (Å²) in [5.41, 5.74) is 0.525. The zero-order chi connectivity index (χ0) is 15.9. The van der Waals surface area contributed by atoms with Crippen molar-refractivity contribution in [1.82, 2.24) is 4.98 Å². The minimum Gasteiger partial charge on any atom is -0.460 e. The number of hydrogen-bond acceptors (Lipinski definition) is 8. The summed E-state index contributed by atoms with van der Waals surface area (Å²) in [6.45, 7) is -0.558. The Kier molecular flexibility index (Phi) is 3.89. The number of aliphatic hydroxyl groups is 4. The number of fused-ring (bicyclic) bond motifs is 1. The predicted octanol–water partition coefficient (Wildman–Crippen LogP) is -1.70. The lowest BCUT2D eigenvalue weighted by molar-refractivity contribution is -0.277. The molecule has 22 heavy (non-hydrogen) atoms. The molecule has 1 aromatic heterocycles. The third-order valence-electron chi connectivity index (χ3n) is 3.51. The first-order chi connectivity index (χ1) is 10.5. The van der Waals surface area contributed by atoms with Gasteiger partial charge in [-0.05, 0) is 12.1 Å². The number of nitrogens with one attached hydrogen (secondary N) is 1. The van der Waals surface area contributed by atoms with Gasteiger partial charge in [0.05, 0.1) is 6.61 Å². The molecule has 2 heterocycles. The maximum atomic E-state index is 11.2. The Morgan fingerprint density at radius 1 is 1.18 bits per heavy atom. The summed E-state index contributed by atoms with van der Waals surface area (Å²) in [6, 6.07) is 4.63. The third kappa shape index (κ3) is 2.49. The van der Waals surface area contributed by atoms with Gasteiger partial charge in [0.25, 0.3) is 0 Å². The number of aromatic nitrogens is 1. The van der Waals surface area contributed by atoms with Crippen molar-refractivity contribution in [1.29, 1.82) is 0 Å². The predicted molar refractivity (Wildman–Crippen MR) is 71.2 cm³/mol. The van der Waals surface area contributed by atoms with Crippen molar-refractivity contribution in [3.05, 3.63) is 28.7 Å². The Balaban J connectivity index is 1.89. The molecule has 5 N–H and O–H groups in total. The zero-order valence-corrected chi connectivity index (χ0v) is 11.2. The van der Waals surface area contributed by atoms with Crippen LogP contribution in [0.25, 0.3) is 11.1 Å². The highest BCUT2D eigenvalue weighted by molar-refractivity contribution is 5.79. The molecule has 3 rings (SSSR count). The number of benzene rings is 1. The highest BCUT2D eigenvalue weighted by Gasteiger charge is 2.44. The van der Waals surface area contributed by atoms with Gasteiger partial charge in [0, 0.05) is 0 Å². The van der Waals surface area contributed by atoms with E-state index in [-0.39, 0.29) is 16.8 Å². The lowest BCUT2D eigenvalue weighted by Crippen LogP contribution is -2.60. The van der Waals surface area contributed by atoms with Crippen molar-refractivity contribution < 1.29 is 34.3 Å². The quantitative estimate of drug-likeness (QED) is 0.451. The van der Waals surface area contributed by atoms with E-state index in [1.165, 1.54) is 6.07 Å². The van der Waals surface area contributed by atoms with E-state index in [4.69, 9.17) is 19.0 Å². The van der Waals surface area contributed by atoms with Crippen molar-refractivity contribution in [2.45, 2.75) is 30.7 Å². The topological polar surface area (TPSA) is 145 Å². The number of oxazole rings is 1. The molecule has 0 amide bonds. The summed E-state index contributed by atoms with van der Waals surface area (Å²) in [5, 5.41) is 38.5. The number of para-hydroxylation sites is 1. The first-order valence-corrected chi connectivity index (χ1v) is 6.60. The number of aliphatic hydroxyl groups excluding tert-OH is 4. The highest BCUT2D eigenvalue weighted by Crippen LogP contribution is 2.28. The smallest absolute Gasteiger partial charge is 0.417 e. The molecule has 2 aromatic rings. The summed E-state index contributed by atoms with van der Waals surface area (Å²) in [7, 11) is 0. The standard InChI is InChI=1S/C13H15NO8/c15-4-7-9(16)10(17)11(18)12(21-7)20-5-2-1-3-6-8(5)14-13(19)22-6/h1-3,7,9-12,15-18H,4H2,(H,14,19)/t7-,9+,10+,11+,12-/m1/s1. The monoisotopic (exact) mass is 313 g/mol. The van der Waals surface area contributed by atoms with Crippen LogP contribution in [0.4, 0.5) is 0 Å². The van der Waals surface area contributed by atoms with Crippen LogP contribution in [-0.2, 0) is 4.74 Å². The molecule has 1 aromatic carbocycles. The molecule has 9 nitrogen and oxygen atoms in total. The Morgan fingerprint density at radius 3 is 2.68 bits per heavy atom. The first kappa shape index (κ1) is 15.0. The highest BCUT2D eigenvalue weighted by atomic mass is 16.7. The van der Waals surface area contributed by atoms with E-state index >= 15 is 0 Å². The number of H-pyrrole nitrogens is 1. The van der Waals surface area contributed by atoms with E-state index in [0.29, 0.717) is 0 Å². The van der Waals surface area contributed by atoms with Crippen LogP contribution in [0, 0.1) is 0 Å². The lowest BCUT2D eigenvalue weighted by atomic mass is 9.99. The summed E-state index contributed by atoms with van der Waals surface area (Å²) in [4.78, 5) is 13.7. The second kappa shape index (κ2) is 5.71. The van der Waals surface area contributed by atoms with E-state index < -0.39 is 43.1 Å². The van der Waals surface area contributed by atoms with Gasteiger partial charge in [0.2, 0.25) is 6.29 Å². The summed E-state index contributed by atoms with van der Waals surface area (Å²) < 4.78 is 15.6. The number of aromatic amines is 1. The molecule has 1 aliphatic rings. The van der Waals surface area contributed by atoms with Gasteiger partial charge in [0.1, 0.15) is 29.9 Å². The summed E-state index contributed by atoms with van der Waals surface area (Å²) >= 11 is 0. The van der Waals surface area contributed by atoms with Gasteiger partial charge < -0.3 is 34.3 Å². The van der Waals surface area contributed by atoms with Crippen LogP contribution in [0.5, 0.6) is 5.75 Å². The Bertz CT molecular complexity index is 707. The van der Waals surface area contributed by atoms with Gasteiger partial charge in [-0.2, -0.15) is 0 Å². The molecule has 0 unspecified atom stereocenters. The fraction of sp³-hybridized carbons (Fsp3) is 0.462. The molecule has 1 aliphatic heterocycles. The van der Waals surface area contributed by atoms with Crippen LogP contribution >= 0.6 is 0 Å². The normalized spacial score (nSPS) is 32.3. The second-order valence-corrected chi connectivity index (χ2v) is 4.96. The average molecular weight is 313 g/mol.